The van der Waals surface area contributed by atoms with Gasteiger partial charge in [0.2, 0.25) is 11.8 Å². The molecule has 0 unspecified atom stereocenters. The van der Waals surface area contributed by atoms with E-state index in [0.29, 0.717) is 32.6 Å². The molecule has 2 amide bonds. The molecule has 0 bridgehead atoms. The second-order valence-corrected chi connectivity index (χ2v) is 7.42. The van der Waals surface area contributed by atoms with Gasteiger partial charge in [0.25, 0.3) is 0 Å². The van der Waals surface area contributed by atoms with Crippen LogP contribution in [0.5, 0.6) is 0 Å². The Labute approximate surface area is 184 Å². The van der Waals surface area contributed by atoms with Crippen LogP contribution in [0, 0.1) is 17.7 Å². The van der Waals surface area contributed by atoms with Crippen molar-refractivity contribution in [3.05, 3.63) is 30.1 Å². The number of amides is 2. The van der Waals surface area contributed by atoms with Crippen molar-refractivity contribution in [1.29, 1.82) is 0 Å². The first-order valence-corrected chi connectivity index (χ1v) is 9.84. The molecule has 0 radical (unpaired) electrons. The quantitative estimate of drug-likeness (QED) is 0.698. The molecule has 164 valence electrons. The van der Waals surface area contributed by atoms with Crippen LogP contribution in [0.15, 0.2) is 24.3 Å². The molecule has 2 aliphatic rings. The normalized spacial score (nSPS) is 21.2. The summed E-state index contributed by atoms with van der Waals surface area (Å²) in [5.41, 5.74) is 6.71. The molecule has 2 fully saturated rings. The first kappa shape index (κ1) is 25.5. The summed E-state index contributed by atoms with van der Waals surface area (Å²) in [7, 11) is 0. The van der Waals surface area contributed by atoms with E-state index < -0.39 is 0 Å². The number of carbonyl (C=O) groups excluding carboxylic acids is 2. The van der Waals surface area contributed by atoms with Gasteiger partial charge in [-0.1, -0.05) is 6.42 Å². The number of halogens is 3. The van der Waals surface area contributed by atoms with Crippen LogP contribution in [0.25, 0.3) is 0 Å². The van der Waals surface area contributed by atoms with E-state index in [0.717, 1.165) is 38.0 Å². The topological polar surface area (TPSA) is 78.7 Å². The first-order valence-electron chi connectivity index (χ1n) is 9.84. The summed E-state index contributed by atoms with van der Waals surface area (Å²) in [6.07, 6.45) is 3.29. The van der Waals surface area contributed by atoms with Crippen LogP contribution in [0.1, 0.15) is 25.7 Å². The zero-order valence-electron chi connectivity index (χ0n) is 16.5. The summed E-state index contributed by atoms with van der Waals surface area (Å²) in [5, 5.41) is 2.91. The molecule has 1 aromatic carbocycles. The molecule has 3 rings (SSSR count). The van der Waals surface area contributed by atoms with Gasteiger partial charge in [-0.25, -0.2) is 4.39 Å². The number of hydrogen-bond acceptors (Lipinski definition) is 4. The average molecular weight is 449 g/mol. The van der Waals surface area contributed by atoms with Gasteiger partial charge in [0.15, 0.2) is 0 Å². The van der Waals surface area contributed by atoms with Crippen molar-refractivity contribution >= 4 is 42.3 Å². The van der Waals surface area contributed by atoms with Crippen molar-refractivity contribution in [2.24, 2.45) is 17.6 Å². The lowest BCUT2D eigenvalue weighted by molar-refractivity contribution is -0.131. The fraction of sp³-hybridized carbons (Fsp3) is 0.600. The molecular weight excluding hydrogens is 418 g/mol. The summed E-state index contributed by atoms with van der Waals surface area (Å²) in [4.78, 5) is 28.7. The average Bonchev–Trinajstić information content (AvgIpc) is 3.17. The summed E-state index contributed by atoms with van der Waals surface area (Å²) in [6.45, 7) is 3.66. The Morgan fingerprint density at radius 1 is 1.07 bits per heavy atom. The van der Waals surface area contributed by atoms with Gasteiger partial charge in [-0.3, -0.25) is 9.59 Å². The number of piperazine rings is 1. The van der Waals surface area contributed by atoms with Gasteiger partial charge in [-0.05, 0) is 49.6 Å². The molecule has 2 atom stereocenters. The van der Waals surface area contributed by atoms with Crippen molar-refractivity contribution in [3.8, 4) is 0 Å². The molecule has 9 heteroatoms. The number of nitrogens with two attached hydrogens (primary N) is 1. The van der Waals surface area contributed by atoms with Gasteiger partial charge >= 0.3 is 0 Å². The van der Waals surface area contributed by atoms with Gasteiger partial charge in [-0.2, -0.15) is 0 Å². The van der Waals surface area contributed by atoms with Crippen molar-refractivity contribution in [3.63, 3.8) is 0 Å². The molecule has 6 nitrogen and oxygen atoms in total. The standard InChI is InChI=1S/C20H29FN4O2.2ClH/c21-16-4-6-17(7-5-16)24-10-12-25(13-11-24)19(26)8-9-23-20(27)18-3-1-2-15(18)14-22;;/h4-7,15,18H,1-3,8-14,22H2,(H,23,27);2*1H/t15-,18-;;/m1../s1. The van der Waals surface area contributed by atoms with Crippen molar-refractivity contribution in [2.45, 2.75) is 25.7 Å². The van der Waals surface area contributed by atoms with E-state index in [9.17, 15) is 14.0 Å². The second kappa shape index (κ2) is 12.2. The highest BCUT2D eigenvalue weighted by atomic mass is 35.5. The van der Waals surface area contributed by atoms with Crippen LogP contribution in [0.4, 0.5) is 10.1 Å². The lowest BCUT2D eigenvalue weighted by Gasteiger charge is -2.36. The number of hydrogen-bond donors (Lipinski definition) is 2. The number of nitrogens with zero attached hydrogens (tertiary/aromatic N) is 2. The fourth-order valence-corrected chi connectivity index (χ4v) is 4.11. The molecular formula is C20H31Cl2FN4O2. The molecule has 1 aliphatic carbocycles. The minimum absolute atomic E-state index is 0. The van der Waals surface area contributed by atoms with Crippen molar-refractivity contribution < 1.29 is 14.0 Å². The monoisotopic (exact) mass is 448 g/mol. The maximum Gasteiger partial charge on any atom is 0.224 e. The first-order chi connectivity index (χ1) is 13.1. The Morgan fingerprint density at radius 2 is 1.72 bits per heavy atom. The SMILES string of the molecule is Cl.Cl.NC[C@H]1CCC[C@H]1C(=O)NCCC(=O)N1CCN(c2ccc(F)cc2)CC1. The molecule has 1 heterocycles. The van der Waals surface area contributed by atoms with E-state index in [4.69, 9.17) is 5.73 Å². The van der Waals surface area contributed by atoms with E-state index in [-0.39, 0.29) is 54.3 Å². The van der Waals surface area contributed by atoms with Crippen LogP contribution >= 0.6 is 24.8 Å². The van der Waals surface area contributed by atoms with E-state index in [2.05, 4.69) is 10.2 Å². The van der Waals surface area contributed by atoms with Crippen LogP contribution in [0.2, 0.25) is 0 Å². The second-order valence-electron chi connectivity index (χ2n) is 7.42. The molecule has 0 aromatic heterocycles. The van der Waals surface area contributed by atoms with Crippen LogP contribution in [-0.4, -0.2) is 56.0 Å². The van der Waals surface area contributed by atoms with E-state index in [1.54, 1.807) is 12.1 Å². The molecule has 0 spiro atoms. The van der Waals surface area contributed by atoms with Crippen molar-refractivity contribution in [1.82, 2.24) is 10.2 Å². The maximum absolute atomic E-state index is 13.0. The van der Waals surface area contributed by atoms with Crippen LogP contribution < -0.4 is 16.0 Å². The Morgan fingerprint density at radius 3 is 2.34 bits per heavy atom. The number of carbonyl (C=O) groups is 2. The molecule has 1 saturated heterocycles. The van der Waals surface area contributed by atoms with Crippen LogP contribution in [0.3, 0.4) is 0 Å². The molecule has 3 N–H and O–H groups in total. The fourth-order valence-electron chi connectivity index (χ4n) is 4.11. The number of benzene rings is 1. The largest absolute Gasteiger partial charge is 0.368 e. The Bertz CT molecular complexity index is 654. The third-order valence-electron chi connectivity index (χ3n) is 5.76. The van der Waals surface area contributed by atoms with Gasteiger partial charge in [0, 0.05) is 50.7 Å². The Balaban J connectivity index is 0.00000210. The third kappa shape index (κ3) is 6.73. The minimum Gasteiger partial charge on any atom is -0.368 e. The molecule has 1 aromatic rings. The van der Waals surface area contributed by atoms with E-state index in [1.807, 2.05) is 4.90 Å². The van der Waals surface area contributed by atoms with Crippen LogP contribution in [-0.2, 0) is 9.59 Å². The zero-order valence-corrected chi connectivity index (χ0v) is 18.2. The number of nitrogens with one attached hydrogen (secondary N) is 1. The van der Waals surface area contributed by atoms with Gasteiger partial charge in [-0.15, -0.1) is 24.8 Å². The summed E-state index contributed by atoms with van der Waals surface area (Å²) < 4.78 is 13.0. The minimum atomic E-state index is -0.245. The highest BCUT2D eigenvalue weighted by Crippen LogP contribution is 2.30. The third-order valence-corrected chi connectivity index (χ3v) is 5.76. The summed E-state index contributed by atoms with van der Waals surface area (Å²) in [6, 6.07) is 6.43. The van der Waals surface area contributed by atoms with Gasteiger partial charge < -0.3 is 20.9 Å². The predicted octanol–water partition coefficient (Wildman–Crippen LogP) is 2.20. The Kier molecular flexibility index (Phi) is 10.7. The smallest absolute Gasteiger partial charge is 0.224 e. The lowest BCUT2D eigenvalue weighted by atomic mass is 9.95. The highest BCUT2D eigenvalue weighted by molar-refractivity contribution is 5.85. The number of anilines is 1. The van der Waals surface area contributed by atoms with Crippen molar-refractivity contribution in [2.75, 3.05) is 44.2 Å². The van der Waals surface area contributed by atoms with E-state index >= 15 is 0 Å². The lowest BCUT2D eigenvalue weighted by Crippen LogP contribution is -2.49. The molecule has 1 saturated carbocycles. The number of rotatable bonds is 6. The molecule has 29 heavy (non-hydrogen) atoms. The van der Waals surface area contributed by atoms with Gasteiger partial charge in [0.05, 0.1) is 0 Å². The predicted molar refractivity (Wildman–Crippen MR) is 117 cm³/mol. The maximum atomic E-state index is 13.0. The summed E-state index contributed by atoms with van der Waals surface area (Å²) in [5.74, 6) is 0.141. The highest BCUT2D eigenvalue weighted by Gasteiger charge is 2.31. The Hall–Kier alpha value is -1.57. The molecule has 1 aliphatic heterocycles. The zero-order chi connectivity index (χ0) is 19.2. The van der Waals surface area contributed by atoms with E-state index in [1.165, 1.54) is 12.1 Å². The summed E-state index contributed by atoms with van der Waals surface area (Å²) >= 11 is 0. The van der Waals surface area contributed by atoms with Gasteiger partial charge in [0.1, 0.15) is 5.82 Å².